The number of anilines is 1. The van der Waals surface area contributed by atoms with E-state index in [2.05, 4.69) is 27.7 Å². The second-order valence-electron chi connectivity index (χ2n) is 3.47. The topological polar surface area (TPSA) is 58.4 Å². The first kappa shape index (κ1) is 11.9. The molecule has 0 aliphatic carbocycles. The number of carbonyl (C=O) groups is 1. The fourth-order valence-electron chi connectivity index (χ4n) is 1.48. The van der Waals surface area contributed by atoms with Gasteiger partial charge in [-0.15, -0.1) is 0 Å². The summed E-state index contributed by atoms with van der Waals surface area (Å²) in [5.74, 6) is 0.0893. The molecule has 0 radical (unpaired) electrons. The normalized spacial score (nSPS) is 21.2. The molecule has 1 unspecified atom stereocenters. The van der Waals surface area contributed by atoms with Crippen molar-refractivity contribution in [3.63, 3.8) is 0 Å². The van der Waals surface area contributed by atoms with Gasteiger partial charge >= 0.3 is 0 Å². The summed E-state index contributed by atoms with van der Waals surface area (Å²) in [4.78, 5) is 13.0. The van der Waals surface area contributed by atoms with Crippen LogP contribution in [0.5, 0.6) is 0 Å². The molecular formula is C9H9ClIN3O2. The zero-order valence-corrected chi connectivity index (χ0v) is 11.5. The maximum atomic E-state index is 11.8. The number of halogens is 2. The van der Waals surface area contributed by atoms with E-state index in [0.717, 1.165) is 3.70 Å². The molecule has 0 fully saturated rings. The van der Waals surface area contributed by atoms with Gasteiger partial charge in [-0.1, -0.05) is 11.6 Å². The Kier molecular flexibility index (Phi) is 2.97. The van der Waals surface area contributed by atoms with Gasteiger partial charge in [-0.25, -0.2) is 0 Å². The monoisotopic (exact) mass is 353 g/mol. The summed E-state index contributed by atoms with van der Waals surface area (Å²) < 4.78 is 2.49. The Bertz CT molecular complexity index is 477. The predicted molar refractivity (Wildman–Crippen MR) is 68.0 cm³/mol. The van der Waals surface area contributed by atoms with Gasteiger partial charge in [0, 0.05) is 18.7 Å². The molecule has 1 N–H and O–H groups in total. The Morgan fingerprint density at radius 1 is 1.62 bits per heavy atom. The van der Waals surface area contributed by atoms with Crippen LogP contribution < -0.4 is 4.90 Å². The summed E-state index contributed by atoms with van der Waals surface area (Å²) in [7, 11) is 1.76. The molecule has 1 atom stereocenters. The van der Waals surface area contributed by atoms with Crippen molar-refractivity contribution >= 4 is 45.9 Å². The predicted octanol–water partition coefficient (Wildman–Crippen LogP) is 1.20. The first-order chi connectivity index (χ1) is 7.43. The summed E-state index contributed by atoms with van der Waals surface area (Å²) >= 11 is 7.92. The Hall–Kier alpha value is -0.600. The van der Waals surface area contributed by atoms with Gasteiger partial charge in [0.2, 0.25) is 0 Å². The zero-order valence-electron chi connectivity index (χ0n) is 8.61. The van der Waals surface area contributed by atoms with E-state index in [4.69, 9.17) is 11.6 Å². The van der Waals surface area contributed by atoms with Gasteiger partial charge in [-0.2, -0.15) is 5.10 Å². The van der Waals surface area contributed by atoms with Crippen LogP contribution in [-0.2, 0) is 11.8 Å². The largest absolute Gasteiger partial charge is 0.368 e. The van der Waals surface area contributed by atoms with Crippen molar-refractivity contribution in [3.05, 3.63) is 20.4 Å². The smallest absolute Gasteiger partial charge is 0.258 e. The van der Waals surface area contributed by atoms with Crippen LogP contribution in [0.15, 0.2) is 16.7 Å². The quantitative estimate of drug-likeness (QED) is 0.772. The van der Waals surface area contributed by atoms with Gasteiger partial charge in [-0.3, -0.25) is 14.4 Å². The van der Waals surface area contributed by atoms with Crippen LogP contribution in [0.4, 0.5) is 5.82 Å². The molecule has 0 saturated carbocycles. The fraction of sp³-hybridized carbons (Fsp3) is 0.333. The van der Waals surface area contributed by atoms with Gasteiger partial charge in [0.25, 0.3) is 5.91 Å². The molecule has 0 aromatic carbocycles. The third-order valence-corrected chi connectivity index (χ3v) is 3.91. The molecule has 0 spiro atoms. The fourth-order valence-corrected chi connectivity index (χ4v) is 2.04. The van der Waals surface area contributed by atoms with E-state index in [1.54, 1.807) is 24.7 Å². The van der Waals surface area contributed by atoms with Crippen molar-refractivity contribution in [2.24, 2.45) is 7.05 Å². The number of aliphatic hydroxyl groups is 1. The molecule has 2 heterocycles. The van der Waals surface area contributed by atoms with Crippen LogP contribution in [0.1, 0.15) is 6.92 Å². The number of amides is 1. The van der Waals surface area contributed by atoms with Gasteiger partial charge in [-0.05, 0) is 29.5 Å². The van der Waals surface area contributed by atoms with E-state index in [1.165, 1.54) is 4.90 Å². The molecule has 1 amide bonds. The van der Waals surface area contributed by atoms with Crippen LogP contribution >= 0.6 is 34.2 Å². The Balaban J connectivity index is 2.41. The Morgan fingerprint density at radius 2 is 2.25 bits per heavy atom. The number of rotatable bonds is 1. The van der Waals surface area contributed by atoms with Gasteiger partial charge in [0.05, 0.1) is 5.03 Å². The lowest BCUT2D eigenvalue weighted by atomic mass is 10.3. The molecule has 7 heteroatoms. The Labute approximate surface area is 111 Å². The molecule has 1 aromatic heterocycles. The Morgan fingerprint density at radius 3 is 2.62 bits per heavy atom. The van der Waals surface area contributed by atoms with E-state index in [9.17, 15) is 9.90 Å². The third kappa shape index (κ3) is 1.64. The standard InChI is InChI=1S/C9H9ClIN3O2/c1-4-7(10)9(16)14(8(4)15)6-3-5(11)13(2)12-6/h3,9,16H,1-2H3. The maximum Gasteiger partial charge on any atom is 0.258 e. The molecule has 1 aliphatic rings. The molecule has 86 valence electrons. The molecule has 16 heavy (non-hydrogen) atoms. The van der Waals surface area contributed by atoms with Crippen molar-refractivity contribution in [3.8, 4) is 0 Å². The second kappa shape index (κ2) is 4.01. The van der Waals surface area contributed by atoms with Crippen molar-refractivity contribution in [1.29, 1.82) is 0 Å². The van der Waals surface area contributed by atoms with Crippen LogP contribution in [0.3, 0.4) is 0 Å². The molecule has 2 rings (SSSR count). The highest BCUT2D eigenvalue weighted by atomic mass is 127. The lowest BCUT2D eigenvalue weighted by Gasteiger charge is -2.18. The molecule has 5 nitrogen and oxygen atoms in total. The minimum Gasteiger partial charge on any atom is -0.368 e. The van der Waals surface area contributed by atoms with Crippen LogP contribution in [0, 0.1) is 3.70 Å². The second-order valence-corrected chi connectivity index (χ2v) is 4.98. The minimum atomic E-state index is -1.13. The van der Waals surface area contributed by atoms with E-state index in [1.807, 2.05) is 0 Å². The lowest BCUT2D eigenvalue weighted by molar-refractivity contribution is -0.115. The third-order valence-electron chi connectivity index (χ3n) is 2.43. The molecule has 1 aliphatic heterocycles. The number of aromatic nitrogens is 2. The minimum absolute atomic E-state index is 0.158. The van der Waals surface area contributed by atoms with Gasteiger partial charge < -0.3 is 5.11 Å². The first-order valence-electron chi connectivity index (χ1n) is 4.51. The average Bonchev–Trinajstić information content (AvgIpc) is 2.64. The van der Waals surface area contributed by atoms with Crippen LogP contribution in [0.2, 0.25) is 0 Å². The summed E-state index contributed by atoms with van der Waals surface area (Å²) in [5, 5.41) is 14.1. The van der Waals surface area contributed by atoms with E-state index < -0.39 is 6.23 Å². The first-order valence-corrected chi connectivity index (χ1v) is 5.96. The van der Waals surface area contributed by atoms with Crippen molar-refractivity contribution in [2.75, 3.05) is 4.90 Å². The van der Waals surface area contributed by atoms with Crippen molar-refractivity contribution in [2.45, 2.75) is 13.2 Å². The SMILES string of the molecule is CC1=C(Cl)C(O)N(c2cc(I)n(C)n2)C1=O. The van der Waals surface area contributed by atoms with Crippen LogP contribution in [0.25, 0.3) is 0 Å². The number of carbonyl (C=O) groups excluding carboxylic acids is 1. The highest BCUT2D eigenvalue weighted by Crippen LogP contribution is 2.31. The maximum absolute atomic E-state index is 11.8. The number of aliphatic hydroxyl groups excluding tert-OH is 1. The highest BCUT2D eigenvalue weighted by Gasteiger charge is 2.37. The van der Waals surface area contributed by atoms with Crippen molar-refractivity contribution in [1.82, 2.24) is 9.78 Å². The van der Waals surface area contributed by atoms with E-state index >= 15 is 0 Å². The molecule has 1 aromatic rings. The number of nitrogens with zero attached hydrogens (tertiary/aromatic N) is 3. The number of aryl methyl sites for hydroxylation is 1. The molecular weight excluding hydrogens is 344 g/mol. The van der Waals surface area contributed by atoms with E-state index in [0.29, 0.717) is 11.4 Å². The molecule has 0 bridgehead atoms. The number of hydrogen-bond donors (Lipinski definition) is 1. The average molecular weight is 354 g/mol. The molecule has 0 saturated heterocycles. The zero-order chi connectivity index (χ0) is 12.0. The van der Waals surface area contributed by atoms with Gasteiger partial charge in [0.15, 0.2) is 12.0 Å². The highest BCUT2D eigenvalue weighted by molar-refractivity contribution is 14.1. The van der Waals surface area contributed by atoms with Crippen LogP contribution in [-0.4, -0.2) is 27.0 Å². The van der Waals surface area contributed by atoms with Gasteiger partial charge in [0.1, 0.15) is 3.70 Å². The summed E-state index contributed by atoms with van der Waals surface area (Å²) in [6.07, 6.45) is -1.13. The van der Waals surface area contributed by atoms with E-state index in [-0.39, 0.29) is 10.9 Å². The lowest BCUT2D eigenvalue weighted by Crippen LogP contribution is -2.35. The summed E-state index contributed by atoms with van der Waals surface area (Å²) in [5.41, 5.74) is 0.356. The number of hydrogen-bond acceptors (Lipinski definition) is 3. The van der Waals surface area contributed by atoms with Crippen molar-refractivity contribution < 1.29 is 9.90 Å². The summed E-state index contributed by atoms with van der Waals surface area (Å²) in [6, 6.07) is 1.71. The summed E-state index contributed by atoms with van der Waals surface area (Å²) in [6.45, 7) is 1.59.